The molecule has 1 fully saturated rings. The van der Waals surface area contributed by atoms with E-state index in [2.05, 4.69) is 37.6 Å². The summed E-state index contributed by atoms with van der Waals surface area (Å²) in [4.78, 5) is 35.4. The predicted octanol–water partition coefficient (Wildman–Crippen LogP) is 3.91. The van der Waals surface area contributed by atoms with Gasteiger partial charge in [-0.15, -0.1) is 0 Å². The molecule has 1 saturated heterocycles. The number of nitrogens with zero attached hydrogens (tertiary/aromatic N) is 3. The van der Waals surface area contributed by atoms with Crippen LogP contribution in [0.2, 0.25) is 0 Å². The van der Waals surface area contributed by atoms with Gasteiger partial charge in [-0.2, -0.15) is 0 Å². The molecule has 36 heavy (non-hydrogen) atoms. The van der Waals surface area contributed by atoms with Crippen molar-refractivity contribution in [1.82, 2.24) is 20.2 Å². The van der Waals surface area contributed by atoms with E-state index in [-0.39, 0.29) is 34.7 Å². The van der Waals surface area contributed by atoms with Crippen LogP contribution in [0.1, 0.15) is 53.2 Å². The number of likely N-dealkylation sites (tertiary alicyclic amines) is 1. The number of anilines is 2. The molecule has 1 atom stereocenters. The molecule has 0 radical (unpaired) electrons. The van der Waals surface area contributed by atoms with Crippen molar-refractivity contribution in [2.24, 2.45) is 0 Å². The second-order valence-electron chi connectivity index (χ2n) is 8.22. The molecule has 0 bridgehead atoms. The maximum absolute atomic E-state index is 13.9. The number of hydrogen-bond donors (Lipinski definition) is 3. The van der Waals surface area contributed by atoms with E-state index in [1.165, 1.54) is 36.2 Å². The summed E-state index contributed by atoms with van der Waals surface area (Å²) in [5.74, 6) is -1.67. The Morgan fingerprint density at radius 2 is 1.72 bits per heavy atom. The summed E-state index contributed by atoms with van der Waals surface area (Å²) >= 11 is 0. The first-order valence-electron chi connectivity index (χ1n) is 12.2. The third-order valence-electron chi connectivity index (χ3n) is 5.93. The standard InChI is InChI=1S/C25H27FN6O2.C2H6/c26-19-9-4-10-20(27)23(19)31-25(34)22-16-28-21(15-29-22)24(33)30-14-18-8-5-12-32(18)13-11-17-6-2-1-3-7-17;1-2/h1-4,6-7,9-10,15-16,18H,5,8,11-14,27H2,(H,30,33)(H,31,34);1-2H3. The number of carbonyl (C=O) groups excluding carboxylic acids is 2. The number of carbonyl (C=O) groups is 2. The summed E-state index contributed by atoms with van der Waals surface area (Å²) in [6.45, 7) is 6.48. The van der Waals surface area contributed by atoms with Gasteiger partial charge in [0.25, 0.3) is 11.8 Å². The van der Waals surface area contributed by atoms with E-state index in [0.717, 1.165) is 32.4 Å². The van der Waals surface area contributed by atoms with Gasteiger partial charge in [-0.25, -0.2) is 14.4 Å². The molecular formula is C27H33FN6O2. The number of aromatic nitrogens is 2. The van der Waals surface area contributed by atoms with E-state index < -0.39 is 11.7 Å². The molecule has 2 aromatic carbocycles. The minimum absolute atomic E-state index is 0.0536. The van der Waals surface area contributed by atoms with Gasteiger partial charge in [-0.3, -0.25) is 14.5 Å². The topological polar surface area (TPSA) is 113 Å². The zero-order valence-corrected chi connectivity index (χ0v) is 20.7. The number of hydrogen-bond acceptors (Lipinski definition) is 6. The Hall–Kier alpha value is -3.85. The average Bonchev–Trinajstić information content (AvgIpc) is 3.37. The fraction of sp³-hybridized carbons (Fsp3) is 0.333. The van der Waals surface area contributed by atoms with Crippen LogP contribution in [0.5, 0.6) is 0 Å². The van der Waals surface area contributed by atoms with Gasteiger partial charge in [0.15, 0.2) is 0 Å². The van der Waals surface area contributed by atoms with Crippen LogP contribution >= 0.6 is 0 Å². The number of amides is 2. The van der Waals surface area contributed by atoms with Gasteiger partial charge >= 0.3 is 0 Å². The van der Waals surface area contributed by atoms with Crippen molar-refractivity contribution in [2.75, 3.05) is 30.7 Å². The van der Waals surface area contributed by atoms with E-state index in [0.29, 0.717) is 6.54 Å². The summed E-state index contributed by atoms with van der Waals surface area (Å²) in [5.41, 5.74) is 7.04. The second-order valence-corrected chi connectivity index (χ2v) is 8.22. The highest BCUT2D eigenvalue weighted by atomic mass is 19.1. The summed E-state index contributed by atoms with van der Waals surface area (Å²) in [6, 6.07) is 14.7. The molecule has 4 rings (SSSR count). The van der Waals surface area contributed by atoms with Crippen LogP contribution in [0.4, 0.5) is 15.8 Å². The van der Waals surface area contributed by atoms with Gasteiger partial charge < -0.3 is 16.4 Å². The average molecular weight is 493 g/mol. The number of rotatable bonds is 8. The summed E-state index contributed by atoms with van der Waals surface area (Å²) < 4.78 is 13.9. The third kappa shape index (κ3) is 7.08. The highest BCUT2D eigenvalue weighted by Gasteiger charge is 2.25. The lowest BCUT2D eigenvalue weighted by atomic mass is 10.1. The largest absolute Gasteiger partial charge is 0.397 e. The van der Waals surface area contributed by atoms with Crippen LogP contribution in [0.15, 0.2) is 60.9 Å². The maximum Gasteiger partial charge on any atom is 0.275 e. The van der Waals surface area contributed by atoms with E-state index >= 15 is 0 Å². The van der Waals surface area contributed by atoms with Crippen molar-refractivity contribution >= 4 is 23.2 Å². The number of halogens is 1. The molecule has 190 valence electrons. The van der Waals surface area contributed by atoms with Crippen LogP contribution in [0.25, 0.3) is 0 Å². The minimum atomic E-state index is -0.670. The predicted molar refractivity (Wildman–Crippen MR) is 139 cm³/mol. The van der Waals surface area contributed by atoms with Gasteiger partial charge in [0, 0.05) is 19.1 Å². The molecule has 2 heterocycles. The molecule has 2 amide bonds. The van der Waals surface area contributed by atoms with Crippen LogP contribution in [0, 0.1) is 5.82 Å². The molecule has 9 heteroatoms. The van der Waals surface area contributed by atoms with Gasteiger partial charge in [-0.1, -0.05) is 50.2 Å². The Balaban J connectivity index is 0.00000176. The van der Waals surface area contributed by atoms with Gasteiger partial charge in [0.1, 0.15) is 22.9 Å². The molecule has 3 aromatic rings. The Bertz CT molecular complexity index is 1120. The molecule has 4 N–H and O–H groups in total. The summed E-state index contributed by atoms with van der Waals surface area (Å²) in [5, 5.41) is 5.31. The van der Waals surface area contributed by atoms with Crippen LogP contribution in [-0.2, 0) is 6.42 Å². The number of nitrogen functional groups attached to an aromatic ring is 1. The maximum atomic E-state index is 13.9. The zero-order valence-electron chi connectivity index (χ0n) is 20.7. The van der Waals surface area contributed by atoms with Crippen LogP contribution < -0.4 is 16.4 Å². The van der Waals surface area contributed by atoms with Crippen LogP contribution in [0.3, 0.4) is 0 Å². The first-order chi connectivity index (χ1) is 17.5. The Kier molecular flexibility index (Phi) is 9.88. The Morgan fingerprint density at radius 3 is 2.39 bits per heavy atom. The molecule has 0 spiro atoms. The van der Waals surface area contributed by atoms with Crippen molar-refractivity contribution in [1.29, 1.82) is 0 Å². The van der Waals surface area contributed by atoms with E-state index in [1.807, 2.05) is 32.0 Å². The number of nitrogens with two attached hydrogens (primary N) is 1. The summed E-state index contributed by atoms with van der Waals surface area (Å²) in [6.07, 6.45) is 5.52. The Morgan fingerprint density at radius 1 is 1.03 bits per heavy atom. The molecule has 8 nitrogen and oxygen atoms in total. The lowest BCUT2D eigenvalue weighted by Gasteiger charge is -2.24. The monoisotopic (exact) mass is 492 g/mol. The lowest BCUT2D eigenvalue weighted by molar-refractivity contribution is 0.0933. The third-order valence-corrected chi connectivity index (χ3v) is 5.93. The smallest absolute Gasteiger partial charge is 0.275 e. The molecule has 1 unspecified atom stereocenters. The fourth-order valence-corrected chi connectivity index (χ4v) is 4.05. The van der Waals surface area contributed by atoms with Gasteiger partial charge in [0.2, 0.25) is 0 Å². The minimum Gasteiger partial charge on any atom is -0.397 e. The molecular weight excluding hydrogens is 459 g/mol. The lowest BCUT2D eigenvalue weighted by Crippen LogP contribution is -2.41. The van der Waals surface area contributed by atoms with E-state index in [1.54, 1.807) is 0 Å². The highest BCUT2D eigenvalue weighted by molar-refractivity contribution is 6.04. The zero-order chi connectivity index (χ0) is 25.9. The molecule has 1 aliphatic heterocycles. The SMILES string of the molecule is CC.Nc1cccc(F)c1NC(=O)c1cnc(C(=O)NCC2CCCN2CCc2ccccc2)cn1. The number of nitrogens with one attached hydrogen (secondary N) is 2. The van der Waals surface area contributed by atoms with Crippen molar-refractivity contribution in [3.8, 4) is 0 Å². The second kappa shape index (κ2) is 13.3. The number of benzene rings is 2. The molecule has 0 aliphatic carbocycles. The van der Waals surface area contributed by atoms with E-state index in [9.17, 15) is 14.0 Å². The fourth-order valence-electron chi connectivity index (χ4n) is 4.05. The molecule has 1 aliphatic rings. The van der Waals surface area contributed by atoms with Crippen molar-refractivity contribution < 1.29 is 14.0 Å². The highest BCUT2D eigenvalue weighted by Crippen LogP contribution is 2.22. The quantitative estimate of drug-likeness (QED) is 0.411. The first-order valence-corrected chi connectivity index (χ1v) is 12.2. The van der Waals surface area contributed by atoms with Crippen LogP contribution in [-0.4, -0.2) is 52.4 Å². The number of para-hydroxylation sites is 1. The van der Waals surface area contributed by atoms with Crippen molar-refractivity contribution in [3.05, 3.63) is 83.7 Å². The van der Waals surface area contributed by atoms with Crippen molar-refractivity contribution in [3.63, 3.8) is 0 Å². The molecule has 1 aromatic heterocycles. The van der Waals surface area contributed by atoms with Crippen molar-refractivity contribution in [2.45, 2.75) is 39.2 Å². The Labute approximate surface area is 211 Å². The normalized spacial score (nSPS) is 15.0. The van der Waals surface area contributed by atoms with Gasteiger partial charge in [-0.05, 0) is 43.5 Å². The molecule has 0 saturated carbocycles. The van der Waals surface area contributed by atoms with Gasteiger partial charge in [0.05, 0.1) is 18.1 Å². The van der Waals surface area contributed by atoms with E-state index in [4.69, 9.17) is 5.73 Å². The summed E-state index contributed by atoms with van der Waals surface area (Å²) in [7, 11) is 0. The first kappa shape index (κ1) is 26.7.